The van der Waals surface area contributed by atoms with Gasteiger partial charge in [-0.15, -0.1) is 0 Å². The highest BCUT2D eigenvalue weighted by atomic mass is 32.2. The summed E-state index contributed by atoms with van der Waals surface area (Å²) in [7, 11) is 0. The van der Waals surface area contributed by atoms with Crippen molar-refractivity contribution in [1.29, 1.82) is 0 Å². The predicted molar refractivity (Wildman–Crippen MR) is 91.0 cm³/mol. The standard InChI is InChI=1S/C18H30O2S/c1-2-3-4-5-6-7-8-9-10-11-12-17-13-15-18(16-14-17)21(19)20/h13-16H,2-12H2,1H3,(H,19,20). The molecule has 1 atom stereocenters. The van der Waals surface area contributed by atoms with Crippen molar-refractivity contribution in [2.24, 2.45) is 0 Å². The van der Waals surface area contributed by atoms with Crippen molar-refractivity contribution in [2.75, 3.05) is 0 Å². The lowest BCUT2D eigenvalue weighted by Crippen LogP contribution is -1.90. The van der Waals surface area contributed by atoms with Crippen molar-refractivity contribution in [2.45, 2.75) is 82.4 Å². The number of rotatable bonds is 12. The second-order valence-electron chi connectivity index (χ2n) is 5.83. The van der Waals surface area contributed by atoms with Gasteiger partial charge in [0.05, 0.1) is 4.90 Å². The maximum atomic E-state index is 10.9. The van der Waals surface area contributed by atoms with Crippen LogP contribution in [0.2, 0.25) is 0 Å². The second-order valence-corrected chi connectivity index (χ2v) is 6.79. The van der Waals surface area contributed by atoms with Crippen LogP contribution < -0.4 is 0 Å². The van der Waals surface area contributed by atoms with Gasteiger partial charge in [0.25, 0.3) is 0 Å². The van der Waals surface area contributed by atoms with Crippen molar-refractivity contribution in [1.82, 2.24) is 0 Å². The van der Waals surface area contributed by atoms with Gasteiger partial charge in [-0.3, -0.25) is 0 Å². The van der Waals surface area contributed by atoms with Gasteiger partial charge in [-0.2, -0.15) is 0 Å². The Balaban J connectivity index is 1.98. The summed E-state index contributed by atoms with van der Waals surface area (Å²) in [6.45, 7) is 2.26. The molecule has 0 aliphatic rings. The van der Waals surface area contributed by atoms with Crippen LogP contribution >= 0.6 is 0 Å². The van der Waals surface area contributed by atoms with E-state index < -0.39 is 11.1 Å². The van der Waals surface area contributed by atoms with Crippen LogP contribution in [0.15, 0.2) is 29.2 Å². The van der Waals surface area contributed by atoms with E-state index >= 15 is 0 Å². The Labute approximate surface area is 132 Å². The molecular formula is C18H30O2S. The molecule has 3 heteroatoms. The SMILES string of the molecule is CCCCCCCCCCCCc1ccc(S(=O)O)cc1. The van der Waals surface area contributed by atoms with Gasteiger partial charge < -0.3 is 4.55 Å². The minimum Gasteiger partial charge on any atom is -0.302 e. The Kier molecular flexibility index (Phi) is 10.4. The molecule has 0 aromatic heterocycles. The first-order valence-corrected chi connectivity index (χ1v) is 9.54. The molecule has 0 fully saturated rings. The molecule has 0 heterocycles. The summed E-state index contributed by atoms with van der Waals surface area (Å²) in [5, 5.41) is 0. The fraction of sp³-hybridized carbons (Fsp3) is 0.667. The van der Waals surface area contributed by atoms with Gasteiger partial charge in [-0.1, -0.05) is 76.8 Å². The number of hydrogen-bond donors (Lipinski definition) is 1. The Hall–Kier alpha value is -0.670. The van der Waals surface area contributed by atoms with Gasteiger partial charge in [0, 0.05) is 0 Å². The minimum atomic E-state index is -1.85. The lowest BCUT2D eigenvalue weighted by atomic mass is 10.0. The smallest absolute Gasteiger partial charge is 0.186 e. The first kappa shape index (κ1) is 18.4. The van der Waals surface area contributed by atoms with Crippen LogP contribution in [0.5, 0.6) is 0 Å². The third-order valence-electron chi connectivity index (χ3n) is 3.94. The molecule has 0 spiro atoms. The summed E-state index contributed by atoms with van der Waals surface area (Å²) < 4.78 is 19.8. The summed E-state index contributed by atoms with van der Waals surface area (Å²) in [6, 6.07) is 7.44. The van der Waals surface area contributed by atoms with Crippen LogP contribution in [0, 0.1) is 0 Å². The van der Waals surface area contributed by atoms with Gasteiger partial charge in [0.1, 0.15) is 0 Å². The van der Waals surface area contributed by atoms with E-state index in [1.165, 1.54) is 69.8 Å². The summed E-state index contributed by atoms with van der Waals surface area (Å²) in [6.07, 6.45) is 14.6. The van der Waals surface area contributed by atoms with Crippen molar-refractivity contribution >= 4 is 11.1 Å². The average molecular weight is 311 g/mol. The fourth-order valence-electron chi connectivity index (χ4n) is 2.59. The molecule has 0 radical (unpaired) electrons. The Morgan fingerprint density at radius 1 is 0.810 bits per heavy atom. The van der Waals surface area contributed by atoms with E-state index in [-0.39, 0.29) is 0 Å². The molecule has 0 bridgehead atoms. The zero-order valence-electron chi connectivity index (χ0n) is 13.4. The van der Waals surface area contributed by atoms with Gasteiger partial charge in [-0.05, 0) is 30.5 Å². The van der Waals surface area contributed by atoms with E-state index in [1.807, 2.05) is 12.1 Å². The number of unbranched alkanes of at least 4 members (excludes halogenated alkanes) is 9. The lowest BCUT2D eigenvalue weighted by molar-refractivity contribution is 0.556. The van der Waals surface area contributed by atoms with Crippen LogP contribution in [0.4, 0.5) is 0 Å². The monoisotopic (exact) mass is 310 g/mol. The number of hydrogen-bond acceptors (Lipinski definition) is 1. The Bertz CT molecular complexity index is 387. The van der Waals surface area contributed by atoms with Crippen molar-refractivity contribution < 1.29 is 8.76 Å². The maximum absolute atomic E-state index is 10.9. The second kappa shape index (κ2) is 11.9. The summed E-state index contributed by atoms with van der Waals surface area (Å²) in [4.78, 5) is 0.488. The van der Waals surface area contributed by atoms with Gasteiger partial charge >= 0.3 is 0 Å². The first-order valence-electron chi connectivity index (χ1n) is 8.44. The van der Waals surface area contributed by atoms with Crippen LogP contribution in [0.1, 0.15) is 76.7 Å². The molecule has 21 heavy (non-hydrogen) atoms. The van der Waals surface area contributed by atoms with E-state index in [0.29, 0.717) is 4.90 Å². The van der Waals surface area contributed by atoms with Gasteiger partial charge in [0.15, 0.2) is 11.1 Å². The molecule has 1 aromatic carbocycles. The van der Waals surface area contributed by atoms with Crippen molar-refractivity contribution in [3.63, 3.8) is 0 Å². The molecule has 1 rings (SSSR count). The van der Waals surface area contributed by atoms with E-state index in [4.69, 9.17) is 4.55 Å². The average Bonchev–Trinajstić information content (AvgIpc) is 2.49. The van der Waals surface area contributed by atoms with Crippen LogP contribution in [0.3, 0.4) is 0 Å². The molecule has 0 aliphatic carbocycles. The van der Waals surface area contributed by atoms with Gasteiger partial charge in [0.2, 0.25) is 0 Å². The molecule has 0 saturated carbocycles. The van der Waals surface area contributed by atoms with E-state index in [1.54, 1.807) is 12.1 Å². The van der Waals surface area contributed by atoms with Gasteiger partial charge in [-0.25, -0.2) is 4.21 Å². The molecule has 2 nitrogen and oxygen atoms in total. The molecular weight excluding hydrogens is 280 g/mol. The molecule has 0 aliphatic heterocycles. The highest BCUT2D eigenvalue weighted by Crippen LogP contribution is 2.13. The molecule has 1 N–H and O–H groups in total. The first-order chi connectivity index (χ1) is 10.2. The van der Waals surface area contributed by atoms with Crippen LogP contribution in [-0.4, -0.2) is 8.76 Å². The normalized spacial score (nSPS) is 12.5. The minimum absolute atomic E-state index is 0.488. The highest BCUT2D eigenvalue weighted by molar-refractivity contribution is 7.79. The van der Waals surface area contributed by atoms with Crippen molar-refractivity contribution in [3.8, 4) is 0 Å². The van der Waals surface area contributed by atoms with Crippen molar-refractivity contribution in [3.05, 3.63) is 29.8 Å². The topological polar surface area (TPSA) is 37.3 Å². The Morgan fingerprint density at radius 3 is 1.76 bits per heavy atom. The number of aryl methyl sites for hydroxylation is 1. The summed E-state index contributed by atoms with van der Waals surface area (Å²) in [5.41, 5.74) is 1.27. The fourth-order valence-corrected chi connectivity index (χ4v) is 2.96. The van der Waals surface area contributed by atoms with E-state index in [9.17, 15) is 4.21 Å². The summed E-state index contributed by atoms with van der Waals surface area (Å²) >= 11 is -1.85. The number of benzene rings is 1. The predicted octanol–water partition coefficient (Wildman–Crippen LogP) is 5.73. The van der Waals surface area contributed by atoms with Crippen LogP contribution in [0.25, 0.3) is 0 Å². The van der Waals surface area contributed by atoms with E-state index in [0.717, 1.165) is 6.42 Å². The van der Waals surface area contributed by atoms with E-state index in [2.05, 4.69) is 6.92 Å². The Morgan fingerprint density at radius 2 is 1.29 bits per heavy atom. The maximum Gasteiger partial charge on any atom is 0.186 e. The van der Waals surface area contributed by atoms with Crippen LogP contribution in [-0.2, 0) is 17.5 Å². The molecule has 120 valence electrons. The zero-order chi connectivity index (χ0) is 15.3. The molecule has 0 saturated heterocycles. The highest BCUT2D eigenvalue weighted by Gasteiger charge is 1.99. The third-order valence-corrected chi connectivity index (χ3v) is 4.62. The molecule has 1 aromatic rings. The molecule has 1 unspecified atom stereocenters. The largest absolute Gasteiger partial charge is 0.302 e. The summed E-state index contributed by atoms with van der Waals surface area (Å²) in [5.74, 6) is 0. The molecule has 0 amide bonds. The third kappa shape index (κ3) is 9.05. The quantitative estimate of drug-likeness (QED) is 0.395. The zero-order valence-corrected chi connectivity index (χ0v) is 14.2. The lowest BCUT2D eigenvalue weighted by Gasteiger charge is -2.03.